The number of benzene rings is 2. The third kappa shape index (κ3) is 4.32. The molecule has 1 unspecified atom stereocenters. The summed E-state index contributed by atoms with van der Waals surface area (Å²) in [6.07, 6.45) is 0. The van der Waals surface area contributed by atoms with Gasteiger partial charge in [-0.05, 0) is 49.4 Å². The summed E-state index contributed by atoms with van der Waals surface area (Å²) < 4.78 is 10.8. The minimum absolute atomic E-state index is 0.0658. The maximum absolute atomic E-state index is 9.01. The van der Waals surface area contributed by atoms with Crippen molar-refractivity contribution in [2.75, 3.05) is 44.6 Å². The van der Waals surface area contributed by atoms with Gasteiger partial charge in [-0.15, -0.1) is 0 Å². The molecule has 2 N–H and O–H groups in total. The summed E-state index contributed by atoms with van der Waals surface area (Å²) in [5.41, 5.74) is 3.13. The molecule has 0 bridgehead atoms. The van der Waals surface area contributed by atoms with E-state index in [0.29, 0.717) is 6.54 Å². The van der Waals surface area contributed by atoms with Gasteiger partial charge in [-0.25, -0.2) is 0 Å². The molecule has 0 aliphatic carbocycles. The highest BCUT2D eigenvalue weighted by atomic mass is 16.5. The van der Waals surface area contributed by atoms with Crippen LogP contribution < -0.4 is 19.7 Å². The van der Waals surface area contributed by atoms with Crippen LogP contribution in [0.5, 0.6) is 11.5 Å². The predicted octanol–water partition coefficient (Wildman–Crippen LogP) is 3.31. The smallest absolute Gasteiger partial charge is 0.124 e. The van der Waals surface area contributed by atoms with Crippen LogP contribution in [0, 0.1) is 0 Å². The van der Waals surface area contributed by atoms with Crippen molar-refractivity contribution in [3.8, 4) is 11.5 Å². The van der Waals surface area contributed by atoms with Crippen LogP contribution in [0.1, 0.15) is 18.5 Å². The van der Waals surface area contributed by atoms with Crippen LogP contribution in [0.15, 0.2) is 42.5 Å². The third-order valence-corrected chi connectivity index (χ3v) is 4.03. The van der Waals surface area contributed by atoms with Crippen molar-refractivity contribution in [2.45, 2.75) is 13.0 Å². The first-order valence-electron chi connectivity index (χ1n) is 7.99. The average molecular weight is 330 g/mol. The van der Waals surface area contributed by atoms with Crippen LogP contribution >= 0.6 is 0 Å². The Morgan fingerprint density at radius 1 is 1.08 bits per heavy atom. The van der Waals surface area contributed by atoms with Crippen molar-refractivity contribution in [2.24, 2.45) is 0 Å². The number of methoxy groups -OCH3 is 2. The zero-order chi connectivity index (χ0) is 17.5. The highest BCUT2D eigenvalue weighted by Crippen LogP contribution is 2.31. The molecule has 2 aromatic rings. The molecule has 130 valence electrons. The number of aliphatic hydroxyl groups is 1. The van der Waals surface area contributed by atoms with E-state index in [1.165, 1.54) is 0 Å². The number of nitrogens with zero attached hydrogens (tertiary/aromatic N) is 1. The molecule has 24 heavy (non-hydrogen) atoms. The Balaban J connectivity index is 2.13. The fourth-order valence-corrected chi connectivity index (χ4v) is 2.60. The van der Waals surface area contributed by atoms with Gasteiger partial charge in [0.25, 0.3) is 0 Å². The lowest BCUT2D eigenvalue weighted by atomic mass is 10.1. The van der Waals surface area contributed by atoms with E-state index in [1.807, 2.05) is 54.4 Å². The van der Waals surface area contributed by atoms with Crippen LogP contribution in [-0.4, -0.2) is 39.5 Å². The Hall–Kier alpha value is -2.40. The molecule has 5 nitrogen and oxygen atoms in total. The van der Waals surface area contributed by atoms with Gasteiger partial charge < -0.3 is 24.8 Å². The highest BCUT2D eigenvalue weighted by Gasteiger charge is 2.13. The standard InChI is InChI=1S/C19H26N2O3/c1-14(18-13-17(23-3)9-10-19(18)24-4)20-15-5-7-16(8-6-15)21(2)11-12-22/h5-10,13-14,20,22H,11-12H2,1-4H3. The van der Waals surface area contributed by atoms with E-state index in [9.17, 15) is 0 Å². The largest absolute Gasteiger partial charge is 0.497 e. The summed E-state index contributed by atoms with van der Waals surface area (Å²) in [6.45, 7) is 2.84. The summed E-state index contributed by atoms with van der Waals surface area (Å²) in [7, 11) is 5.29. The maximum Gasteiger partial charge on any atom is 0.124 e. The summed E-state index contributed by atoms with van der Waals surface area (Å²) in [4.78, 5) is 2.01. The molecule has 0 aromatic heterocycles. The van der Waals surface area contributed by atoms with E-state index in [2.05, 4.69) is 12.2 Å². The molecule has 2 aromatic carbocycles. The fraction of sp³-hybridized carbons (Fsp3) is 0.368. The fourth-order valence-electron chi connectivity index (χ4n) is 2.60. The Bertz CT molecular complexity index is 644. The van der Waals surface area contributed by atoms with Gasteiger partial charge in [0.2, 0.25) is 0 Å². The first-order chi connectivity index (χ1) is 11.6. The molecule has 0 fully saturated rings. The van der Waals surface area contributed by atoms with Gasteiger partial charge in [-0.3, -0.25) is 0 Å². The zero-order valence-corrected chi connectivity index (χ0v) is 14.7. The maximum atomic E-state index is 9.01. The summed E-state index contributed by atoms with van der Waals surface area (Å²) >= 11 is 0. The Morgan fingerprint density at radius 3 is 2.38 bits per heavy atom. The number of nitrogens with one attached hydrogen (secondary N) is 1. The van der Waals surface area contributed by atoms with Crippen LogP contribution in [0.2, 0.25) is 0 Å². The molecule has 0 aliphatic heterocycles. The molecular weight excluding hydrogens is 304 g/mol. The van der Waals surface area contributed by atoms with Gasteiger partial charge >= 0.3 is 0 Å². The number of anilines is 2. The first-order valence-corrected chi connectivity index (χ1v) is 7.99. The minimum Gasteiger partial charge on any atom is -0.497 e. The van der Waals surface area contributed by atoms with E-state index in [1.54, 1.807) is 14.2 Å². The van der Waals surface area contributed by atoms with E-state index >= 15 is 0 Å². The quantitative estimate of drug-likeness (QED) is 0.778. The van der Waals surface area contributed by atoms with E-state index in [-0.39, 0.29) is 12.6 Å². The lowest BCUT2D eigenvalue weighted by Gasteiger charge is -2.21. The summed E-state index contributed by atoms with van der Waals surface area (Å²) in [6, 6.07) is 14.0. The second-order valence-corrected chi connectivity index (χ2v) is 5.67. The molecule has 0 aliphatic rings. The van der Waals surface area contributed by atoms with Crippen LogP contribution in [-0.2, 0) is 0 Å². The second kappa shape index (κ2) is 8.45. The molecule has 0 amide bonds. The predicted molar refractivity (Wildman–Crippen MR) is 98.4 cm³/mol. The molecule has 0 spiro atoms. The first kappa shape index (κ1) is 17.9. The van der Waals surface area contributed by atoms with Gasteiger partial charge in [0.05, 0.1) is 26.9 Å². The Kier molecular flexibility index (Phi) is 6.32. The molecule has 5 heteroatoms. The number of hydrogen-bond donors (Lipinski definition) is 2. The lowest BCUT2D eigenvalue weighted by molar-refractivity contribution is 0.304. The van der Waals surface area contributed by atoms with E-state index in [0.717, 1.165) is 28.4 Å². The second-order valence-electron chi connectivity index (χ2n) is 5.67. The molecule has 0 radical (unpaired) electrons. The van der Waals surface area contributed by atoms with Crippen molar-refractivity contribution < 1.29 is 14.6 Å². The summed E-state index contributed by atoms with van der Waals surface area (Å²) in [5.74, 6) is 1.63. The van der Waals surface area contributed by atoms with Crippen molar-refractivity contribution >= 4 is 11.4 Å². The monoisotopic (exact) mass is 330 g/mol. The topological polar surface area (TPSA) is 54.0 Å². The zero-order valence-electron chi connectivity index (χ0n) is 14.7. The molecule has 0 saturated carbocycles. The van der Waals surface area contributed by atoms with E-state index in [4.69, 9.17) is 14.6 Å². The Morgan fingerprint density at radius 2 is 1.79 bits per heavy atom. The normalized spacial score (nSPS) is 11.7. The Labute approximate surface area is 143 Å². The number of aliphatic hydroxyl groups excluding tert-OH is 1. The van der Waals surface area contributed by atoms with Crippen molar-refractivity contribution in [3.63, 3.8) is 0 Å². The summed E-state index contributed by atoms with van der Waals surface area (Å²) in [5, 5.41) is 12.5. The van der Waals surface area contributed by atoms with E-state index < -0.39 is 0 Å². The molecule has 0 heterocycles. The molecular formula is C19H26N2O3. The van der Waals surface area contributed by atoms with Crippen LogP contribution in [0.4, 0.5) is 11.4 Å². The van der Waals surface area contributed by atoms with Crippen LogP contribution in [0.3, 0.4) is 0 Å². The van der Waals surface area contributed by atoms with Gasteiger partial charge in [0, 0.05) is 30.5 Å². The number of rotatable bonds is 8. The average Bonchev–Trinajstić information content (AvgIpc) is 2.61. The number of hydrogen-bond acceptors (Lipinski definition) is 5. The van der Waals surface area contributed by atoms with Crippen molar-refractivity contribution in [1.82, 2.24) is 0 Å². The third-order valence-electron chi connectivity index (χ3n) is 4.03. The number of ether oxygens (including phenoxy) is 2. The highest BCUT2D eigenvalue weighted by molar-refractivity contribution is 5.56. The van der Waals surface area contributed by atoms with Crippen LogP contribution in [0.25, 0.3) is 0 Å². The van der Waals surface area contributed by atoms with Gasteiger partial charge in [0.15, 0.2) is 0 Å². The molecule has 1 atom stereocenters. The minimum atomic E-state index is 0.0658. The SMILES string of the molecule is COc1ccc(OC)c(C(C)Nc2ccc(N(C)CCO)cc2)c1. The van der Waals surface area contributed by atoms with Gasteiger partial charge in [0.1, 0.15) is 11.5 Å². The van der Waals surface area contributed by atoms with Gasteiger partial charge in [-0.1, -0.05) is 0 Å². The van der Waals surface area contributed by atoms with Gasteiger partial charge in [-0.2, -0.15) is 0 Å². The molecule has 0 saturated heterocycles. The molecule has 2 rings (SSSR count). The lowest BCUT2D eigenvalue weighted by Crippen LogP contribution is -2.20. The number of likely N-dealkylation sites (N-methyl/N-ethyl adjacent to an activating group) is 1. The van der Waals surface area contributed by atoms with Crippen molar-refractivity contribution in [1.29, 1.82) is 0 Å². The van der Waals surface area contributed by atoms with Crippen molar-refractivity contribution in [3.05, 3.63) is 48.0 Å².